The van der Waals surface area contributed by atoms with Gasteiger partial charge in [0, 0.05) is 12.1 Å². The maximum Gasteiger partial charge on any atom is 0.181 e. The monoisotopic (exact) mass is 314 g/mol. The Balaban J connectivity index is 1.70. The van der Waals surface area contributed by atoms with Crippen molar-refractivity contribution in [1.29, 1.82) is 0 Å². The lowest BCUT2D eigenvalue weighted by Crippen LogP contribution is -1.84. The van der Waals surface area contributed by atoms with Gasteiger partial charge in [-0.2, -0.15) is 0 Å². The van der Waals surface area contributed by atoms with Crippen LogP contribution in [0.15, 0.2) is 36.4 Å². The van der Waals surface area contributed by atoms with Gasteiger partial charge in [-0.3, -0.25) is 0 Å². The van der Waals surface area contributed by atoms with E-state index in [0.29, 0.717) is 10.3 Å². The van der Waals surface area contributed by atoms with Gasteiger partial charge < -0.3 is 16.2 Å². The summed E-state index contributed by atoms with van der Waals surface area (Å²) < 4.78 is 7.93. The number of hydrogen-bond donors (Lipinski definition) is 2. The Labute approximate surface area is 127 Å². The maximum atomic E-state index is 5.87. The Morgan fingerprint density at radius 2 is 1.43 bits per heavy atom. The first-order valence-electron chi connectivity index (χ1n) is 6.17. The largest absolute Gasteiger partial charge is 0.457 e. The Morgan fingerprint density at radius 3 is 2.29 bits per heavy atom. The van der Waals surface area contributed by atoms with E-state index >= 15 is 0 Å². The van der Waals surface area contributed by atoms with E-state index < -0.39 is 0 Å². The molecule has 0 spiro atoms. The minimum absolute atomic E-state index is 0.557. The van der Waals surface area contributed by atoms with Crippen molar-refractivity contribution < 1.29 is 4.74 Å². The molecular formula is C14H10N4OS2. The van der Waals surface area contributed by atoms with Crippen molar-refractivity contribution in [3.8, 4) is 11.5 Å². The summed E-state index contributed by atoms with van der Waals surface area (Å²) >= 11 is 2.90. The highest BCUT2D eigenvalue weighted by Crippen LogP contribution is 2.32. The van der Waals surface area contributed by atoms with Crippen molar-refractivity contribution >= 4 is 53.4 Å². The lowest BCUT2D eigenvalue weighted by atomic mass is 10.3. The molecule has 2 aromatic heterocycles. The van der Waals surface area contributed by atoms with E-state index in [1.54, 1.807) is 0 Å². The molecule has 5 nitrogen and oxygen atoms in total. The van der Waals surface area contributed by atoms with E-state index in [9.17, 15) is 0 Å². The molecule has 104 valence electrons. The minimum atomic E-state index is 0.557. The second-order valence-corrected chi connectivity index (χ2v) is 6.59. The first-order chi connectivity index (χ1) is 10.2. The van der Waals surface area contributed by atoms with Crippen LogP contribution >= 0.6 is 22.7 Å². The number of nitrogens with zero attached hydrogens (tertiary/aromatic N) is 2. The van der Waals surface area contributed by atoms with Crippen molar-refractivity contribution in [2.24, 2.45) is 0 Å². The standard InChI is InChI=1S/C14H10N4OS2/c15-13-17-9-3-1-8(6-12(9)21-13)19-7-2-4-11-10(5-7)18-14(16)20-11/h1-6H,(H2,15,17)(H2,16,18). The highest BCUT2D eigenvalue weighted by atomic mass is 32.1. The molecule has 0 saturated heterocycles. The number of fused-ring (bicyclic) bond motifs is 2. The topological polar surface area (TPSA) is 87.0 Å². The van der Waals surface area contributed by atoms with Crippen LogP contribution in [0.3, 0.4) is 0 Å². The zero-order valence-corrected chi connectivity index (χ0v) is 12.4. The quantitative estimate of drug-likeness (QED) is 0.586. The molecule has 21 heavy (non-hydrogen) atoms. The summed E-state index contributed by atoms with van der Waals surface area (Å²) in [5.74, 6) is 1.47. The third kappa shape index (κ3) is 2.26. The van der Waals surface area contributed by atoms with Crippen LogP contribution in [0, 0.1) is 0 Å². The van der Waals surface area contributed by atoms with E-state index in [-0.39, 0.29) is 0 Å². The molecule has 2 heterocycles. The van der Waals surface area contributed by atoms with Crippen LogP contribution in [0.4, 0.5) is 10.3 Å². The fourth-order valence-corrected chi connectivity index (χ4v) is 3.59. The van der Waals surface area contributed by atoms with Crippen molar-refractivity contribution in [3.05, 3.63) is 36.4 Å². The third-order valence-corrected chi connectivity index (χ3v) is 4.70. The van der Waals surface area contributed by atoms with Crippen LogP contribution in [-0.4, -0.2) is 9.97 Å². The number of nitrogen functional groups attached to an aromatic ring is 2. The molecule has 0 amide bonds. The molecule has 2 aromatic carbocycles. The average Bonchev–Trinajstić information content (AvgIpc) is 2.98. The number of rotatable bonds is 2. The molecule has 0 radical (unpaired) electrons. The van der Waals surface area contributed by atoms with Gasteiger partial charge in [0.25, 0.3) is 0 Å². The van der Waals surface area contributed by atoms with E-state index in [1.807, 2.05) is 36.4 Å². The smallest absolute Gasteiger partial charge is 0.181 e. The fraction of sp³-hybridized carbons (Fsp3) is 0. The van der Waals surface area contributed by atoms with Crippen molar-refractivity contribution in [1.82, 2.24) is 9.97 Å². The maximum absolute atomic E-state index is 5.87. The molecule has 4 aromatic rings. The summed E-state index contributed by atoms with van der Waals surface area (Å²) in [6.45, 7) is 0. The summed E-state index contributed by atoms with van der Waals surface area (Å²) in [6, 6.07) is 11.5. The Hall–Kier alpha value is -2.38. The molecule has 0 aliphatic heterocycles. The summed E-state index contributed by atoms with van der Waals surface area (Å²) in [5.41, 5.74) is 13.1. The minimum Gasteiger partial charge on any atom is -0.457 e. The molecule has 0 saturated carbocycles. The number of thiazole rings is 2. The zero-order valence-electron chi connectivity index (χ0n) is 10.7. The summed E-state index contributed by atoms with van der Waals surface area (Å²) in [7, 11) is 0. The Kier molecular flexibility index (Phi) is 2.69. The van der Waals surface area contributed by atoms with E-state index in [4.69, 9.17) is 16.2 Å². The van der Waals surface area contributed by atoms with Gasteiger partial charge in [0.1, 0.15) is 11.5 Å². The number of nitrogens with two attached hydrogens (primary N) is 2. The second-order valence-electron chi connectivity index (χ2n) is 4.47. The predicted molar refractivity (Wildman–Crippen MR) is 88.1 cm³/mol. The summed E-state index contributed by atoms with van der Waals surface area (Å²) in [5, 5.41) is 1.12. The highest BCUT2D eigenvalue weighted by Gasteiger charge is 2.06. The van der Waals surface area contributed by atoms with Gasteiger partial charge in [-0.15, -0.1) is 0 Å². The first kappa shape index (κ1) is 12.4. The van der Waals surface area contributed by atoms with E-state index in [1.165, 1.54) is 22.7 Å². The van der Waals surface area contributed by atoms with Gasteiger partial charge in [0.2, 0.25) is 0 Å². The zero-order chi connectivity index (χ0) is 14.4. The Bertz CT molecular complexity index is 882. The molecule has 0 aliphatic carbocycles. The number of aromatic nitrogens is 2. The lowest BCUT2D eigenvalue weighted by Gasteiger charge is -2.05. The molecule has 0 fully saturated rings. The van der Waals surface area contributed by atoms with Crippen LogP contribution in [0.25, 0.3) is 20.4 Å². The molecule has 0 bridgehead atoms. The van der Waals surface area contributed by atoms with Gasteiger partial charge in [0.15, 0.2) is 10.3 Å². The van der Waals surface area contributed by atoms with Crippen molar-refractivity contribution in [2.75, 3.05) is 11.5 Å². The summed E-state index contributed by atoms with van der Waals surface area (Å²) in [4.78, 5) is 8.48. The number of hydrogen-bond acceptors (Lipinski definition) is 7. The lowest BCUT2D eigenvalue weighted by molar-refractivity contribution is 0.484. The van der Waals surface area contributed by atoms with Crippen LogP contribution in [-0.2, 0) is 0 Å². The average molecular weight is 314 g/mol. The van der Waals surface area contributed by atoms with Crippen LogP contribution in [0.5, 0.6) is 11.5 Å². The van der Waals surface area contributed by atoms with Crippen LogP contribution in [0.1, 0.15) is 0 Å². The van der Waals surface area contributed by atoms with Gasteiger partial charge in [-0.05, 0) is 24.3 Å². The van der Waals surface area contributed by atoms with Crippen molar-refractivity contribution in [3.63, 3.8) is 0 Å². The number of ether oxygens (including phenoxy) is 1. The van der Waals surface area contributed by atoms with Gasteiger partial charge in [-0.25, -0.2) is 9.97 Å². The van der Waals surface area contributed by atoms with Gasteiger partial charge in [0.05, 0.1) is 20.4 Å². The summed E-state index contributed by atoms with van der Waals surface area (Å²) in [6.07, 6.45) is 0. The normalized spacial score (nSPS) is 11.2. The highest BCUT2D eigenvalue weighted by molar-refractivity contribution is 7.22. The fourth-order valence-electron chi connectivity index (χ4n) is 2.11. The molecule has 7 heteroatoms. The Morgan fingerprint density at radius 1 is 0.762 bits per heavy atom. The van der Waals surface area contributed by atoms with Gasteiger partial charge >= 0.3 is 0 Å². The molecule has 4 N–H and O–H groups in total. The molecule has 0 aliphatic rings. The SMILES string of the molecule is Nc1nc2cc(Oc3ccc4nc(N)sc4c3)ccc2s1. The second kappa shape index (κ2) is 4.57. The molecule has 4 rings (SSSR count). The van der Waals surface area contributed by atoms with Crippen LogP contribution < -0.4 is 16.2 Å². The first-order valence-corrected chi connectivity index (χ1v) is 7.81. The van der Waals surface area contributed by atoms with Crippen LogP contribution in [0.2, 0.25) is 0 Å². The molecule has 0 atom stereocenters. The third-order valence-electron chi connectivity index (χ3n) is 2.99. The molecule has 0 unspecified atom stereocenters. The van der Waals surface area contributed by atoms with E-state index in [2.05, 4.69) is 9.97 Å². The van der Waals surface area contributed by atoms with Gasteiger partial charge in [-0.1, -0.05) is 22.7 Å². The predicted octanol–water partition coefficient (Wildman–Crippen LogP) is 3.86. The molecular weight excluding hydrogens is 304 g/mol. The van der Waals surface area contributed by atoms with Crippen molar-refractivity contribution in [2.45, 2.75) is 0 Å². The number of benzene rings is 2. The number of anilines is 2. The van der Waals surface area contributed by atoms with E-state index in [0.717, 1.165) is 31.9 Å².